The summed E-state index contributed by atoms with van der Waals surface area (Å²) >= 11 is 7.39. The van der Waals surface area contributed by atoms with Crippen LogP contribution in [0.5, 0.6) is 0 Å². The molecular formula is C27H19BrS2. The second kappa shape index (κ2) is 8.89. The maximum Gasteiger partial charge on any atom is 0.0845 e. The SMILES string of the molecule is Brc1ccc(C(Sc2ccc3ccccc3c2)Sc2ccc3ccccc3c2)cc1. The van der Waals surface area contributed by atoms with Crippen LogP contribution in [0.1, 0.15) is 10.1 Å². The zero-order valence-electron chi connectivity index (χ0n) is 16.2. The van der Waals surface area contributed by atoms with Crippen molar-refractivity contribution in [2.24, 2.45) is 0 Å². The summed E-state index contributed by atoms with van der Waals surface area (Å²) in [6.07, 6.45) is 0. The molecule has 0 nitrogen and oxygen atoms in total. The fourth-order valence-electron chi connectivity index (χ4n) is 3.51. The van der Waals surface area contributed by atoms with Gasteiger partial charge in [0.25, 0.3) is 0 Å². The Hall–Kier alpha value is -2.20. The van der Waals surface area contributed by atoms with Crippen LogP contribution >= 0.6 is 39.5 Å². The van der Waals surface area contributed by atoms with Gasteiger partial charge >= 0.3 is 0 Å². The van der Waals surface area contributed by atoms with Crippen LogP contribution in [-0.2, 0) is 0 Å². The number of halogens is 1. The molecule has 30 heavy (non-hydrogen) atoms. The van der Waals surface area contributed by atoms with Crippen molar-refractivity contribution in [2.75, 3.05) is 0 Å². The molecule has 0 fully saturated rings. The first-order valence-electron chi connectivity index (χ1n) is 9.81. The quantitative estimate of drug-likeness (QED) is 0.179. The Labute approximate surface area is 193 Å². The molecule has 5 rings (SSSR count). The third kappa shape index (κ3) is 4.44. The van der Waals surface area contributed by atoms with Crippen LogP contribution in [0.25, 0.3) is 21.5 Å². The highest BCUT2D eigenvalue weighted by Gasteiger charge is 2.16. The van der Waals surface area contributed by atoms with E-state index in [0.717, 1.165) is 4.47 Å². The molecule has 0 aromatic heterocycles. The van der Waals surface area contributed by atoms with E-state index < -0.39 is 0 Å². The Morgan fingerprint density at radius 3 is 1.47 bits per heavy atom. The van der Waals surface area contributed by atoms with E-state index in [-0.39, 0.29) is 4.58 Å². The first-order valence-corrected chi connectivity index (χ1v) is 12.4. The van der Waals surface area contributed by atoms with E-state index in [0.29, 0.717) is 0 Å². The Kier molecular flexibility index (Phi) is 5.85. The zero-order chi connectivity index (χ0) is 20.3. The van der Waals surface area contributed by atoms with Gasteiger partial charge in [-0.15, -0.1) is 23.5 Å². The van der Waals surface area contributed by atoms with Gasteiger partial charge in [-0.1, -0.05) is 88.7 Å². The molecule has 0 unspecified atom stereocenters. The van der Waals surface area contributed by atoms with Gasteiger partial charge in [-0.05, 0) is 63.5 Å². The summed E-state index contributed by atoms with van der Waals surface area (Å²) < 4.78 is 1.37. The van der Waals surface area contributed by atoms with Gasteiger partial charge in [-0.2, -0.15) is 0 Å². The summed E-state index contributed by atoms with van der Waals surface area (Å²) in [5.41, 5.74) is 1.31. The minimum atomic E-state index is 0.264. The first-order chi connectivity index (χ1) is 14.7. The maximum atomic E-state index is 3.57. The molecule has 5 aromatic rings. The van der Waals surface area contributed by atoms with Crippen molar-refractivity contribution in [2.45, 2.75) is 14.4 Å². The van der Waals surface area contributed by atoms with Crippen LogP contribution < -0.4 is 0 Å². The molecule has 5 aromatic carbocycles. The van der Waals surface area contributed by atoms with E-state index in [4.69, 9.17) is 0 Å². The van der Waals surface area contributed by atoms with Crippen molar-refractivity contribution in [1.82, 2.24) is 0 Å². The molecule has 3 heteroatoms. The van der Waals surface area contributed by atoms with Crippen LogP contribution in [0.3, 0.4) is 0 Å². The van der Waals surface area contributed by atoms with E-state index in [9.17, 15) is 0 Å². The zero-order valence-corrected chi connectivity index (χ0v) is 19.4. The van der Waals surface area contributed by atoms with Gasteiger partial charge in [-0.25, -0.2) is 0 Å². The van der Waals surface area contributed by atoms with Crippen molar-refractivity contribution in [1.29, 1.82) is 0 Å². The molecule has 0 spiro atoms. The predicted octanol–water partition coefficient (Wildman–Crippen LogP) is 9.34. The summed E-state index contributed by atoms with van der Waals surface area (Å²) in [6, 6.07) is 39.3. The molecule has 0 heterocycles. The third-order valence-electron chi connectivity index (χ3n) is 5.07. The van der Waals surface area contributed by atoms with Gasteiger partial charge in [0, 0.05) is 14.3 Å². The molecule has 0 aliphatic carbocycles. The molecule has 0 saturated heterocycles. The van der Waals surface area contributed by atoms with Crippen LogP contribution in [0.2, 0.25) is 0 Å². The fraction of sp³-hybridized carbons (Fsp3) is 0.0370. The van der Waals surface area contributed by atoms with E-state index in [1.54, 1.807) is 0 Å². The normalized spacial score (nSPS) is 11.4. The molecule has 0 aliphatic rings. The topological polar surface area (TPSA) is 0 Å². The number of rotatable bonds is 5. The predicted molar refractivity (Wildman–Crippen MR) is 136 cm³/mol. The minimum Gasteiger partial charge on any atom is -0.106 e. The Morgan fingerprint density at radius 2 is 0.967 bits per heavy atom. The van der Waals surface area contributed by atoms with Crippen LogP contribution in [0.15, 0.2) is 123 Å². The smallest absolute Gasteiger partial charge is 0.0845 e. The van der Waals surface area contributed by atoms with Crippen molar-refractivity contribution >= 4 is 61.0 Å². The van der Waals surface area contributed by atoms with Crippen molar-refractivity contribution in [3.8, 4) is 0 Å². The molecule has 0 saturated carbocycles. The second-order valence-corrected chi connectivity index (χ2v) is 10.7. The van der Waals surface area contributed by atoms with E-state index >= 15 is 0 Å². The van der Waals surface area contributed by atoms with Crippen molar-refractivity contribution in [3.63, 3.8) is 0 Å². The van der Waals surface area contributed by atoms with E-state index in [1.165, 1.54) is 36.9 Å². The first kappa shape index (κ1) is 19.7. The lowest BCUT2D eigenvalue weighted by Gasteiger charge is -2.18. The number of hydrogen-bond acceptors (Lipinski definition) is 2. The number of benzene rings is 5. The van der Waals surface area contributed by atoms with Gasteiger partial charge in [0.05, 0.1) is 4.58 Å². The largest absolute Gasteiger partial charge is 0.106 e. The molecule has 146 valence electrons. The van der Waals surface area contributed by atoms with Gasteiger partial charge in [0.1, 0.15) is 0 Å². The molecule has 0 bridgehead atoms. The molecular weight excluding hydrogens is 468 g/mol. The second-order valence-electron chi connectivity index (χ2n) is 7.14. The number of fused-ring (bicyclic) bond motifs is 2. The van der Waals surface area contributed by atoms with Crippen LogP contribution in [-0.4, -0.2) is 0 Å². The summed E-state index contributed by atoms with van der Waals surface area (Å²) in [7, 11) is 0. The average Bonchev–Trinajstić information content (AvgIpc) is 2.79. The van der Waals surface area contributed by atoms with Crippen molar-refractivity contribution < 1.29 is 0 Å². The Bertz CT molecular complexity index is 1230. The summed E-state index contributed by atoms with van der Waals surface area (Å²) in [6.45, 7) is 0. The van der Waals surface area contributed by atoms with Gasteiger partial charge < -0.3 is 0 Å². The molecule has 0 amide bonds. The molecule has 0 aliphatic heterocycles. The Morgan fingerprint density at radius 1 is 0.500 bits per heavy atom. The standard InChI is InChI=1S/C27H19BrS2/c28-24-13-9-21(10-14-24)27(29-25-15-11-19-5-1-3-7-22(19)17-25)30-26-16-12-20-6-2-4-8-23(20)18-26/h1-18,27H. The highest BCUT2D eigenvalue weighted by Crippen LogP contribution is 2.48. The maximum absolute atomic E-state index is 3.57. The molecule has 0 atom stereocenters. The lowest BCUT2D eigenvalue weighted by Crippen LogP contribution is -1.90. The van der Waals surface area contributed by atoms with Crippen molar-refractivity contribution in [3.05, 3.63) is 119 Å². The highest BCUT2D eigenvalue weighted by atomic mass is 79.9. The lowest BCUT2D eigenvalue weighted by atomic mass is 10.1. The monoisotopic (exact) mass is 486 g/mol. The van der Waals surface area contributed by atoms with Crippen LogP contribution in [0.4, 0.5) is 0 Å². The minimum absolute atomic E-state index is 0.264. The van der Waals surface area contributed by atoms with E-state index in [1.807, 2.05) is 23.5 Å². The summed E-state index contributed by atoms with van der Waals surface area (Å²) in [5.74, 6) is 0. The van der Waals surface area contributed by atoms with Gasteiger partial charge in [-0.3, -0.25) is 0 Å². The summed E-state index contributed by atoms with van der Waals surface area (Å²) in [5, 5.41) is 5.13. The number of hydrogen-bond donors (Lipinski definition) is 0. The summed E-state index contributed by atoms with van der Waals surface area (Å²) in [4.78, 5) is 2.57. The highest BCUT2D eigenvalue weighted by molar-refractivity contribution is 9.10. The fourth-order valence-corrected chi connectivity index (χ4v) is 6.40. The molecule has 0 radical (unpaired) electrons. The average molecular weight is 487 g/mol. The molecule has 0 N–H and O–H groups in total. The van der Waals surface area contributed by atoms with E-state index in [2.05, 4.69) is 125 Å². The van der Waals surface area contributed by atoms with Gasteiger partial charge in [0.2, 0.25) is 0 Å². The Balaban J connectivity index is 1.49. The third-order valence-corrected chi connectivity index (χ3v) is 8.20. The number of thioether (sulfide) groups is 2. The van der Waals surface area contributed by atoms with Gasteiger partial charge in [0.15, 0.2) is 0 Å². The van der Waals surface area contributed by atoms with Crippen LogP contribution in [0, 0.1) is 0 Å². The lowest BCUT2D eigenvalue weighted by molar-refractivity contribution is 1.34.